The van der Waals surface area contributed by atoms with Crippen molar-refractivity contribution in [3.8, 4) is 0 Å². The first-order valence-electron chi connectivity index (χ1n) is 10.6. The number of carboxylic acids is 1. The summed E-state index contributed by atoms with van der Waals surface area (Å²) in [4.78, 5) is 37.7. The zero-order valence-corrected chi connectivity index (χ0v) is 19.5. The lowest BCUT2D eigenvalue weighted by molar-refractivity contribution is -0.115. The molecule has 0 radical (unpaired) electrons. The van der Waals surface area contributed by atoms with Crippen LogP contribution in [0.25, 0.3) is 0 Å². The van der Waals surface area contributed by atoms with Gasteiger partial charge in [0.1, 0.15) is 0 Å². The van der Waals surface area contributed by atoms with Crippen LogP contribution in [0.2, 0.25) is 0 Å². The largest absolute Gasteiger partial charge is 0.478 e. The van der Waals surface area contributed by atoms with E-state index in [1.165, 1.54) is 23.9 Å². The maximum absolute atomic E-state index is 12.9. The van der Waals surface area contributed by atoms with Crippen LogP contribution in [0.5, 0.6) is 0 Å². The second-order valence-electron chi connectivity index (χ2n) is 7.71. The van der Waals surface area contributed by atoms with Gasteiger partial charge in [-0.2, -0.15) is 0 Å². The van der Waals surface area contributed by atoms with E-state index in [4.69, 9.17) is 0 Å². The van der Waals surface area contributed by atoms with E-state index in [9.17, 15) is 19.5 Å². The van der Waals surface area contributed by atoms with E-state index in [2.05, 4.69) is 16.7 Å². The number of aryl methyl sites for hydroxylation is 2. The first kappa shape index (κ1) is 24.1. The smallest absolute Gasteiger partial charge is 0.336 e. The Morgan fingerprint density at radius 3 is 2.15 bits per heavy atom. The summed E-state index contributed by atoms with van der Waals surface area (Å²) in [5.74, 6) is -1.75. The molecule has 6 nitrogen and oxygen atoms in total. The molecule has 0 aromatic heterocycles. The molecule has 3 N–H and O–H groups in total. The van der Waals surface area contributed by atoms with Gasteiger partial charge in [0.05, 0.1) is 16.4 Å². The van der Waals surface area contributed by atoms with Crippen molar-refractivity contribution in [2.24, 2.45) is 0 Å². The molecular formula is C26H26N2O4S. The van der Waals surface area contributed by atoms with E-state index in [1.54, 1.807) is 30.3 Å². The van der Waals surface area contributed by atoms with Crippen LogP contribution < -0.4 is 10.6 Å². The number of aromatic carboxylic acids is 1. The van der Waals surface area contributed by atoms with Gasteiger partial charge in [-0.05, 0) is 73.9 Å². The molecule has 0 spiro atoms. The van der Waals surface area contributed by atoms with Gasteiger partial charge < -0.3 is 15.7 Å². The Balaban J connectivity index is 1.71. The summed E-state index contributed by atoms with van der Waals surface area (Å²) in [6.07, 6.45) is 0.629. The van der Waals surface area contributed by atoms with Crippen molar-refractivity contribution in [3.63, 3.8) is 0 Å². The number of anilines is 2. The number of carboxylic acid groups (broad SMARTS) is 1. The topological polar surface area (TPSA) is 95.5 Å². The third-order valence-electron chi connectivity index (χ3n) is 4.92. The second kappa shape index (κ2) is 10.8. The number of rotatable bonds is 8. The summed E-state index contributed by atoms with van der Waals surface area (Å²) in [5, 5.41) is 14.7. The van der Waals surface area contributed by atoms with Crippen LogP contribution in [0, 0.1) is 13.8 Å². The van der Waals surface area contributed by atoms with E-state index in [0.29, 0.717) is 12.1 Å². The van der Waals surface area contributed by atoms with Crippen molar-refractivity contribution < 1.29 is 19.5 Å². The van der Waals surface area contributed by atoms with Crippen LogP contribution in [0.1, 0.15) is 45.2 Å². The van der Waals surface area contributed by atoms with Gasteiger partial charge in [-0.3, -0.25) is 9.59 Å². The molecule has 2 amide bonds. The van der Waals surface area contributed by atoms with Crippen LogP contribution in [-0.4, -0.2) is 28.1 Å². The third kappa shape index (κ3) is 6.46. The summed E-state index contributed by atoms with van der Waals surface area (Å²) in [6, 6.07) is 19.1. The molecule has 0 saturated heterocycles. The van der Waals surface area contributed by atoms with Crippen molar-refractivity contribution in [2.75, 3.05) is 10.6 Å². The highest BCUT2D eigenvalue weighted by Crippen LogP contribution is 2.29. The van der Waals surface area contributed by atoms with Crippen molar-refractivity contribution in [1.29, 1.82) is 0 Å². The molecule has 0 bridgehead atoms. The van der Waals surface area contributed by atoms with Gasteiger partial charge in [0.2, 0.25) is 5.91 Å². The van der Waals surface area contributed by atoms with Crippen molar-refractivity contribution in [2.45, 2.75) is 37.3 Å². The number of carbonyl (C=O) groups is 3. The van der Waals surface area contributed by atoms with E-state index in [1.807, 2.05) is 39.0 Å². The van der Waals surface area contributed by atoms with Crippen molar-refractivity contribution >= 4 is 40.9 Å². The third-order valence-corrected chi connectivity index (χ3v) is 6.28. The Morgan fingerprint density at radius 1 is 0.848 bits per heavy atom. The molecule has 0 fully saturated rings. The molecule has 7 heteroatoms. The highest BCUT2D eigenvalue weighted by molar-refractivity contribution is 8.00. The van der Waals surface area contributed by atoms with Crippen LogP contribution in [0.15, 0.2) is 71.6 Å². The number of amides is 2. The first-order chi connectivity index (χ1) is 15.8. The number of benzene rings is 3. The van der Waals surface area contributed by atoms with E-state index in [-0.39, 0.29) is 22.3 Å². The molecule has 1 atom stereocenters. The van der Waals surface area contributed by atoms with Crippen LogP contribution >= 0.6 is 11.8 Å². The quantitative estimate of drug-likeness (QED) is 0.370. The number of hydrogen-bond acceptors (Lipinski definition) is 4. The normalized spacial score (nSPS) is 11.5. The zero-order chi connectivity index (χ0) is 24.0. The van der Waals surface area contributed by atoms with Crippen LogP contribution in [-0.2, 0) is 4.79 Å². The summed E-state index contributed by atoms with van der Waals surface area (Å²) < 4.78 is 0. The molecule has 0 heterocycles. The average Bonchev–Trinajstić information content (AvgIpc) is 2.76. The average molecular weight is 463 g/mol. The minimum Gasteiger partial charge on any atom is -0.478 e. The molecule has 0 saturated carbocycles. The Bertz CT molecular complexity index is 1170. The second-order valence-corrected chi connectivity index (χ2v) is 8.99. The van der Waals surface area contributed by atoms with Gasteiger partial charge in [0, 0.05) is 16.3 Å². The SMILES string of the molecule is CCC(Sc1cccc(NC(=O)c2ccccc2C(=O)O)c1)C(=O)Nc1cc(C)cc(C)c1. The van der Waals surface area contributed by atoms with E-state index >= 15 is 0 Å². The molecule has 33 heavy (non-hydrogen) atoms. The summed E-state index contributed by atoms with van der Waals surface area (Å²) >= 11 is 1.41. The number of carbonyl (C=O) groups excluding carboxylic acids is 2. The Hall–Kier alpha value is -3.58. The number of thioether (sulfide) groups is 1. The monoisotopic (exact) mass is 462 g/mol. The molecule has 3 aromatic carbocycles. The van der Waals surface area contributed by atoms with Gasteiger partial charge in [-0.25, -0.2) is 4.79 Å². The van der Waals surface area contributed by atoms with Gasteiger partial charge in [-0.15, -0.1) is 11.8 Å². The standard InChI is InChI=1S/C26H26N2O4S/c1-4-23(25(30)28-19-13-16(2)12-17(3)14-19)33-20-9-7-8-18(15-20)27-24(29)21-10-5-6-11-22(21)26(31)32/h5-15,23H,4H2,1-3H3,(H,27,29)(H,28,30)(H,31,32). The lowest BCUT2D eigenvalue weighted by Gasteiger charge is -2.16. The predicted molar refractivity (Wildman–Crippen MR) is 132 cm³/mol. The first-order valence-corrected chi connectivity index (χ1v) is 11.4. The molecule has 0 aliphatic carbocycles. The zero-order valence-electron chi connectivity index (χ0n) is 18.7. The Morgan fingerprint density at radius 2 is 1.52 bits per heavy atom. The Labute approximate surface area is 197 Å². The van der Waals surface area contributed by atoms with E-state index in [0.717, 1.165) is 21.7 Å². The molecule has 1 unspecified atom stereocenters. The maximum atomic E-state index is 12.9. The summed E-state index contributed by atoms with van der Waals surface area (Å²) in [5.41, 5.74) is 3.49. The highest BCUT2D eigenvalue weighted by atomic mass is 32.2. The van der Waals surface area contributed by atoms with Gasteiger partial charge in [0.25, 0.3) is 5.91 Å². The fraction of sp³-hybridized carbons (Fsp3) is 0.192. The molecule has 0 aliphatic rings. The maximum Gasteiger partial charge on any atom is 0.336 e. The minimum absolute atomic E-state index is 0.0605. The van der Waals surface area contributed by atoms with Gasteiger partial charge in [0.15, 0.2) is 0 Å². The highest BCUT2D eigenvalue weighted by Gasteiger charge is 2.19. The number of nitrogens with one attached hydrogen (secondary N) is 2. The molecule has 0 aliphatic heterocycles. The molecule has 170 valence electrons. The predicted octanol–water partition coefficient (Wildman–Crippen LogP) is 5.76. The van der Waals surface area contributed by atoms with Crippen molar-refractivity contribution in [3.05, 3.63) is 89.0 Å². The lowest BCUT2D eigenvalue weighted by Crippen LogP contribution is -2.24. The molecule has 3 rings (SSSR count). The minimum atomic E-state index is -1.16. The summed E-state index contributed by atoms with van der Waals surface area (Å²) in [6.45, 7) is 5.93. The van der Waals surface area contributed by atoms with Gasteiger partial charge >= 0.3 is 5.97 Å². The summed E-state index contributed by atoms with van der Waals surface area (Å²) in [7, 11) is 0. The van der Waals surface area contributed by atoms with Crippen molar-refractivity contribution in [1.82, 2.24) is 0 Å². The van der Waals surface area contributed by atoms with Gasteiger partial charge in [-0.1, -0.05) is 31.2 Å². The fourth-order valence-corrected chi connectivity index (χ4v) is 4.48. The molecule has 3 aromatic rings. The molecular weight excluding hydrogens is 436 g/mol. The van der Waals surface area contributed by atoms with Crippen LogP contribution in [0.4, 0.5) is 11.4 Å². The number of hydrogen-bond donors (Lipinski definition) is 3. The fourth-order valence-electron chi connectivity index (χ4n) is 3.47. The van der Waals surface area contributed by atoms with E-state index < -0.39 is 11.9 Å². The lowest BCUT2D eigenvalue weighted by atomic mass is 10.1. The van der Waals surface area contributed by atoms with Crippen LogP contribution in [0.3, 0.4) is 0 Å². The Kier molecular flexibility index (Phi) is 7.90.